The van der Waals surface area contributed by atoms with Gasteiger partial charge in [0.05, 0.1) is 10.2 Å². The van der Waals surface area contributed by atoms with E-state index in [0.29, 0.717) is 0 Å². The van der Waals surface area contributed by atoms with Gasteiger partial charge in [0.2, 0.25) is 0 Å². The highest BCUT2D eigenvalue weighted by molar-refractivity contribution is 9.10. The molecule has 0 unspecified atom stereocenters. The Hall–Kier alpha value is -1.13. The molecule has 2 aromatic rings. The highest BCUT2D eigenvalue weighted by Crippen LogP contribution is 2.28. The van der Waals surface area contributed by atoms with Crippen LogP contribution in [0.15, 0.2) is 28.7 Å². The Bertz CT molecular complexity index is 474. The number of benzene rings is 1. The van der Waals surface area contributed by atoms with Gasteiger partial charge in [0, 0.05) is 12.1 Å². The van der Waals surface area contributed by atoms with E-state index in [0.717, 1.165) is 28.0 Å². The summed E-state index contributed by atoms with van der Waals surface area (Å²) in [6.07, 6.45) is 0. The first kappa shape index (κ1) is 11.4. The summed E-state index contributed by atoms with van der Waals surface area (Å²) in [5.41, 5.74) is 4.41. The number of rotatable bonds is 3. The average Bonchev–Trinajstić information content (AvgIpc) is 2.63. The zero-order valence-corrected chi connectivity index (χ0v) is 10.9. The van der Waals surface area contributed by atoms with Crippen molar-refractivity contribution in [2.75, 3.05) is 7.05 Å². The number of H-pyrrole nitrogens is 1. The van der Waals surface area contributed by atoms with Crippen LogP contribution in [0.2, 0.25) is 0 Å². The fourth-order valence-corrected chi connectivity index (χ4v) is 2.11. The van der Waals surface area contributed by atoms with Crippen LogP contribution in [0.1, 0.15) is 11.3 Å². The van der Waals surface area contributed by atoms with E-state index in [1.54, 1.807) is 0 Å². The van der Waals surface area contributed by atoms with Gasteiger partial charge in [-0.3, -0.25) is 5.10 Å². The van der Waals surface area contributed by atoms with Crippen LogP contribution >= 0.6 is 15.9 Å². The second-order valence-corrected chi connectivity index (χ2v) is 4.55. The smallest absolute Gasteiger partial charge is 0.107 e. The minimum atomic E-state index is 0.777. The lowest BCUT2D eigenvalue weighted by atomic mass is 10.1. The average molecular weight is 280 g/mol. The van der Waals surface area contributed by atoms with Crippen molar-refractivity contribution in [1.82, 2.24) is 15.5 Å². The van der Waals surface area contributed by atoms with Crippen LogP contribution in [0, 0.1) is 6.92 Å². The van der Waals surface area contributed by atoms with Crippen LogP contribution in [0.3, 0.4) is 0 Å². The fourth-order valence-electron chi connectivity index (χ4n) is 1.56. The zero-order chi connectivity index (χ0) is 11.5. The van der Waals surface area contributed by atoms with E-state index < -0.39 is 0 Å². The molecule has 4 heteroatoms. The normalized spacial score (nSPS) is 10.7. The summed E-state index contributed by atoms with van der Waals surface area (Å²) in [6.45, 7) is 2.86. The lowest BCUT2D eigenvalue weighted by molar-refractivity contribution is 0.781. The van der Waals surface area contributed by atoms with E-state index in [9.17, 15) is 0 Å². The monoisotopic (exact) mass is 279 g/mol. The van der Waals surface area contributed by atoms with E-state index in [-0.39, 0.29) is 0 Å². The van der Waals surface area contributed by atoms with E-state index in [4.69, 9.17) is 0 Å². The standard InChI is InChI=1S/C12H14BrN3/c1-8-3-5-9(6-4-8)12-11(13)10(7-14-2)15-16-12/h3-6,14H,7H2,1-2H3,(H,15,16). The van der Waals surface area contributed by atoms with Crippen molar-refractivity contribution in [2.45, 2.75) is 13.5 Å². The molecule has 0 saturated carbocycles. The molecule has 0 fully saturated rings. The lowest BCUT2D eigenvalue weighted by Crippen LogP contribution is -2.05. The minimum Gasteiger partial charge on any atom is -0.314 e. The third-order valence-electron chi connectivity index (χ3n) is 2.45. The summed E-state index contributed by atoms with van der Waals surface area (Å²) in [6, 6.07) is 8.35. The molecule has 2 N–H and O–H groups in total. The predicted molar refractivity (Wildman–Crippen MR) is 69.2 cm³/mol. The van der Waals surface area contributed by atoms with Crippen LogP contribution in [-0.4, -0.2) is 17.2 Å². The number of nitrogens with zero attached hydrogens (tertiary/aromatic N) is 1. The maximum Gasteiger partial charge on any atom is 0.107 e. The first-order chi connectivity index (χ1) is 7.72. The summed E-state index contributed by atoms with van der Waals surface area (Å²) < 4.78 is 1.03. The molecule has 16 heavy (non-hydrogen) atoms. The van der Waals surface area contributed by atoms with Crippen molar-refractivity contribution in [3.05, 3.63) is 40.0 Å². The van der Waals surface area contributed by atoms with Gasteiger partial charge >= 0.3 is 0 Å². The largest absolute Gasteiger partial charge is 0.314 e. The summed E-state index contributed by atoms with van der Waals surface area (Å²) >= 11 is 3.57. The van der Waals surface area contributed by atoms with Crippen LogP contribution in [0.4, 0.5) is 0 Å². The van der Waals surface area contributed by atoms with Gasteiger partial charge in [0.25, 0.3) is 0 Å². The van der Waals surface area contributed by atoms with E-state index >= 15 is 0 Å². The van der Waals surface area contributed by atoms with Gasteiger partial charge in [-0.25, -0.2) is 0 Å². The summed E-state index contributed by atoms with van der Waals surface area (Å²) in [5, 5.41) is 10.4. The fraction of sp³-hybridized carbons (Fsp3) is 0.250. The number of aromatic nitrogens is 2. The molecule has 0 aliphatic rings. The van der Waals surface area contributed by atoms with Crippen molar-refractivity contribution in [2.24, 2.45) is 0 Å². The molecule has 1 aromatic carbocycles. The van der Waals surface area contributed by atoms with Crippen molar-refractivity contribution < 1.29 is 0 Å². The molecule has 0 radical (unpaired) electrons. The van der Waals surface area contributed by atoms with E-state index in [2.05, 4.69) is 62.6 Å². The van der Waals surface area contributed by atoms with Crippen molar-refractivity contribution in [1.29, 1.82) is 0 Å². The van der Waals surface area contributed by atoms with Gasteiger partial charge in [-0.2, -0.15) is 5.10 Å². The van der Waals surface area contributed by atoms with Gasteiger partial charge < -0.3 is 5.32 Å². The van der Waals surface area contributed by atoms with Crippen molar-refractivity contribution in [3.8, 4) is 11.3 Å². The quantitative estimate of drug-likeness (QED) is 0.907. The molecule has 0 atom stereocenters. The molecule has 2 rings (SSSR count). The Balaban J connectivity index is 2.37. The van der Waals surface area contributed by atoms with Crippen LogP contribution in [0.25, 0.3) is 11.3 Å². The zero-order valence-electron chi connectivity index (χ0n) is 9.34. The van der Waals surface area contributed by atoms with Gasteiger partial charge in [0.15, 0.2) is 0 Å². The molecule has 1 heterocycles. The second kappa shape index (κ2) is 4.80. The molecule has 0 spiro atoms. The SMILES string of the molecule is CNCc1[nH]nc(-c2ccc(C)cc2)c1Br. The highest BCUT2D eigenvalue weighted by Gasteiger charge is 2.11. The molecule has 3 nitrogen and oxygen atoms in total. The van der Waals surface area contributed by atoms with E-state index in [1.807, 2.05) is 7.05 Å². The molecule has 84 valence electrons. The molecule has 0 amide bonds. The van der Waals surface area contributed by atoms with Crippen LogP contribution < -0.4 is 5.32 Å². The molecular weight excluding hydrogens is 266 g/mol. The van der Waals surface area contributed by atoms with E-state index in [1.165, 1.54) is 5.56 Å². The third kappa shape index (κ3) is 2.18. The van der Waals surface area contributed by atoms with Gasteiger partial charge in [-0.1, -0.05) is 29.8 Å². The van der Waals surface area contributed by atoms with Gasteiger partial charge in [-0.15, -0.1) is 0 Å². The summed E-state index contributed by atoms with van der Waals surface area (Å²) in [7, 11) is 1.92. The number of aromatic amines is 1. The van der Waals surface area contributed by atoms with Crippen LogP contribution in [-0.2, 0) is 6.54 Å². The number of aryl methyl sites for hydroxylation is 1. The minimum absolute atomic E-state index is 0.777. The maximum absolute atomic E-state index is 4.32. The number of hydrogen-bond donors (Lipinski definition) is 2. The van der Waals surface area contributed by atoms with Gasteiger partial charge in [-0.05, 0) is 29.9 Å². The van der Waals surface area contributed by atoms with Gasteiger partial charge in [0.1, 0.15) is 5.69 Å². The molecule has 0 saturated heterocycles. The highest BCUT2D eigenvalue weighted by atomic mass is 79.9. The summed E-state index contributed by atoms with van der Waals surface area (Å²) in [4.78, 5) is 0. The Morgan fingerprint density at radius 3 is 2.62 bits per heavy atom. The van der Waals surface area contributed by atoms with Crippen molar-refractivity contribution in [3.63, 3.8) is 0 Å². The third-order valence-corrected chi connectivity index (χ3v) is 3.31. The number of nitrogens with one attached hydrogen (secondary N) is 2. The van der Waals surface area contributed by atoms with Crippen molar-refractivity contribution >= 4 is 15.9 Å². The molecule has 0 aliphatic heterocycles. The Kier molecular flexibility index (Phi) is 3.41. The Labute approximate surface area is 103 Å². The second-order valence-electron chi connectivity index (χ2n) is 3.76. The molecular formula is C12H14BrN3. The predicted octanol–water partition coefficient (Wildman–Crippen LogP) is 2.87. The molecule has 0 aliphatic carbocycles. The topological polar surface area (TPSA) is 40.7 Å². The first-order valence-corrected chi connectivity index (χ1v) is 5.96. The maximum atomic E-state index is 4.32. The molecule has 0 bridgehead atoms. The number of hydrogen-bond acceptors (Lipinski definition) is 2. The summed E-state index contributed by atoms with van der Waals surface area (Å²) in [5.74, 6) is 0. The number of halogens is 1. The van der Waals surface area contributed by atoms with Crippen LogP contribution in [0.5, 0.6) is 0 Å². The first-order valence-electron chi connectivity index (χ1n) is 5.16. The molecule has 1 aromatic heterocycles. The Morgan fingerprint density at radius 1 is 1.31 bits per heavy atom. The Morgan fingerprint density at radius 2 is 2.00 bits per heavy atom. The lowest BCUT2D eigenvalue weighted by Gasteiger charge is -1.99.